The van der Waals surface area contributed by atoms with Crippen LogP contribution in [0.4, 0.5) is 0 Å². The summed E-state index contributed by atoms with van der Waals surface area (Å²) < 4.78 is 42.8. The lowest BCUT2D eigenvalue weighted by atomic mass is 10.1. The maximum atomic E-state index is 11.1. The van der Waals surface area contributed by atoms with Crippen LogP contribution in [0.5, 0.6) is 0 Å². The molecule has 0 spiro atoms. The Hall–Kier alpha value is -0.990. The molecule has 6 nitrogen and oxygen atoms in total. The number of benzene rings is 1. The molecule has 0 bridgehead atoms. The third kappa shape index (κ3) is 2.96. The highest BCUT2D eigenvalue weighted by molar-refractivity contribution is 7.82. The Labute approximate surface area is 111 Å². The third-order valence-corrected chi connectivity index (χ3v) is 4.01. The van der Waals surface area contributed by atoms with Crippen LogP contribution in [-0.2, 0) is 34.8 Å². The first-order chi connectivity index (χ1) is 9.14. The average Bonchev–Trinajstić information content (AvgIpc) is 2.87. The minimum absolute atomic E-state index is 0.212. The van der Waals surface area contributed by atoms with Crippen molar-refractivity contribution in [1.82, 2.24) is 0 Å². The first kappa shape index (κ1) is 13.0. The second kappa shape index (κ2) is 5.18. The molecule has 3 rings (SSSR count). The van der Waals surface area contributed by atoms with Gasteiger partial charge in [-0.3, -0.25) is 0 Å². The molecule has 0 amide bonds. The van der Waals surface area contributed by atoms with Crippen LogP contribution in [-0.4, -0.2) is 39.9 Å². The minimum atomic E-state index is -3.85. The van der Waals surface area contributed by atoms with Gasteiger partial charge in [0.15, 0.2) is 0 Å². The number of fused-ring (bicyclic) bond motifs is 1. The second-order valence-electron chi connectivity index (χ2n) is 4.48. The van der Waals surface area contributed by atoms with E-state index in [9.17, 15) is 8.42 Å². The molecule has 2 fully saturated rings. The van der Waals surface area contributed by atoms with E-state index in [0.717, 1.165) is 5.56 Å². The van der Waals surface area contributed by atoms with E-state index in [-0.39, 0.29) is 13.2 Å². The number of rotatable bonds is 4. The van der Waals surface area contributed by atoms with Gasteiger partial charge in [0.25, 0.3) is 0 Å². The topological polar surface area (TPSA) is 71.1 Å². The summed E-state index contributed by atoms with van der Waals surface area (Å²) in [6.45, 7) is 0.934. The number of ether oxygens (including phenoxy) is 2. The van der Waals surface area contributed by atoms with Crippen LogP contribution in [0.1, 0.15) is 5.56 Å². The van der Waals surface area contributed by atoms with Crippen molar-refractivity contribution < 1.29 is 26.3 Å². The van der Waals surface area contributed by atoms with Gasteiger partial charge < -0.3 is 9.47 Å². The fraction of sp³-hybridized carbons (Fsp3) is 0.500. The third-order valence-electron chi connectivity index (χ3n) is 3.07. The molecular weight excluding hydrogens is 272 g/mol. The van der Waals surface area contributed by atoms with Gasteiger partial charge in [0.1, 0.15) is 18.3 Å². The van der Waals surface area contributed by atoms with E-state index < -0.39 is 28.7 Å². The molecule has 0 radical (unpaired) electrons. The summed E-state index contributed by atoms with van der Waals surface area (Å²) in [5, 5.41) is 0. The van der Waals surface area contributed by atoms with Gasteiger partial charge in [-0.05, 0) is 5.56 Å². The van der Waals surface area contributed by atoms with E-state index in [2.05, 4.69) is 0 Å². The quantitative estimate of drug-likeness (QED) is 0.808. The molecule has 0 saturated carbocycles. The van der Waals surface area contributed by atoms with E-state index in [0.29, 0.717) is 6.61 Å². The van der Waals surface area contributed by atoms with Gasteiger partial charge in [-0.1, -0.05) is 30.3 Å². The van der Waals surface area contributed by atoms with Crippen LogP contribution in [0.25, 0.3) is 0 Å². The van der Waals surface area contributed by atoms with Gasteiger partial charge >= 0.3 is 10.4 Å². The Morgan fingerprint density at radius 3 is 2.79 bits per heavy atom. The highest BCUT2D eigenvalue weighted by Gasteiger charge is 2.50. The van der Waals surface area contributed by atoms with Crippen molar-refractivity contribution in [3.63, 3.8) is 0 Å². The van der Waals surface area contributed by atoms with Crippen molar-refractivity contribution in [3.8, 4) is 0 Å². The molecule has 2 heterocycles. The van der Waals surface area contributed by atoms with Crippen molar-refractivity contribution in [2.24, 2.45) is 0 Å². The van der Waals surface area contributed by atoms with E-state index in [1.165, 1.54) is 0 Å². The molecule has 0 N–H and O–H groups in total. The minimum Gasteiger partial charge on any atom is -0.374 e. The van der Waals surface area contributed by atoms with Crippen molar-refractivity contribution in [2.45, 2.75) is 24.9 Å². The fourth-order valence-corrected chi connectivity index (χ4v) is 3.21. The summed E-state index contributed by atoms with van der Waals surface area (Å²) in [5.41, 5.74) is 1.05. The van der Waals surface area contributed by atoms with E-state index in [4.69, 9.17) is 17.8 Å². The van der Waals surface area contributed by atoms with Crippen LogP contribution in [0.2, 0.25) is 0 Å². The SMILES string of the molecule is O=S1(=O)O[C@H]2[C@H](CO[C@@H]2COCc2ccccc2)O1. The van der Waals surface area contributed by atoms with Crippen LogP contribution in [0.15, 0.2) is 30.3 Å². The first-order valence-electron chi connectivity index (χ1n) is 5.99. The molecule has 2 aliphatic rings. The van der Waals surface area contributed by atoms with Gasteiger partial charge in [0.2, 0.25) is 0 Å². The predicted octanol–water partition coefficient (Wildman–Crippen LogP) is 0.631. The van der Waals surface area contributed by atoms with Gasteiger partial charge in [-0.15, -0.1) is 0 Å². The molecule has 1 aromatic rings. The van der Waals surface area contributed by atoms with E-state index >= 15 is 0 Å². The Kier molecular flexibility index (Phi) is 3.55. The molecular formula is C12H14O6S. The molecule has 1 aromatic carbocycles. The molecule has 7 heteroatoms. The largest absolute Gasteiger partial charge is 0.400 e. The Balaban J connectivity index is 1.51. The molecule has 0 unspecified atom stereocenters. The van der Waals surface area contributed by atoms with Crippen molar-refractivity contribution in [2.75, 3.05) is 13.2 Å². The second-order valence-corrected chi connectivity index (χ2v) is 5.68. The van der Waals surface area contributed by atoms with Crippen molar-refractivity contribution in [1.29, 1.82) is 0 Å². The normalized spacial score (nSPS) is 32.3. The smallest absolute Gasteiger partial charge is 0.374 e. The lowest BCUT2D eigenvalue weighted by molar-refractivity contribution is -0.0207. The number of hydrogen-bond donors (Lipinski definition) is 0. The Morgan fingerprint density at radius 1 is 1.21 bits per heavy atom. The highest BCUT2D eigenvalue weighted by atomic mass is 32.3. The zero-order valence-electron chi connectivity index (χ0n) is 10.1. The van der Waals surface area contributed by atoms with Gasteiger partial charge in [-0.2, -0.15) is 8.42 Å². The molecule has 0 aliphatic carbocycles. The maximum absolute atomic E-state index is 11.1. The molecule has 19 heavy (non-hydrogen) atoms. The summed E-state index contributed by atoms with van der Waals surface area (Å²) in [4.78, 5) is 0. The first-order valence-corrected chi connectivity index (χ1v) is 7.32. The van der Waals surface area contributed by atoms with Gasteiger partial charge in [-0.25, -0.2) is 8.37 Å². The summed E-state index contributed by atoms with van der Waals surface area (Å²) in [5.74, 6) is 0. The molecule has 3 atom stereocenters. The van der Waals surface area contributed by atoms with Crippen LogP contribution in [0.3, 0.4) is 0 Å². The lowest BCUT2D eigenvalue weighted by Crippen LogP contribution is -2.31. The summed E-state index contributed by atoms with van der Waals surface area (Å²) in [6, 6.07) is 9.71. The Morgan fingerprint density at radius 2 is 2.00 bits per heavy atom. The van der Waals surface area contributed by atoms with Gasteiger partial charge in [0, 0.05) is 0 Å². The Bertz CT molecular complexity index is 528. The lowest BCUT2D eigenvalue weighted by Gasteiger charge is -2.14. The molecule has 0 aromatic heterocycles. The van der Waals surface area contributed by atoms with Crippen LogP contribution in [0, 0.1) is 0 Å². The van der Waals surface area contributed by atoms with Crippen LogP contribution >= 0.6 is 0 Å². The monoisotopic (exact) mass is 286 g/mol. The zero-order valence-corrected chi connectivity index (χ0v) is 10.9. The summed E-state index contributed by atoms with van der Waals surface area (Å²) in [6.07, 6.45) is -1.55. The van der Waals surface area contributed by atoms with Gasteiger partial charge in [0.05, 0.1) is 19.8 Å². The predicted molar refractivity (Wildman–Crippen MR) is 64.5 cm³/mol. The van der Waals surface area contributed by atoms with Crippen molar-refractivity contribution >= 4 is 10.4 Å². The summed E-state index contributed by atoms with van der Waals surface area (Å²) in [7, 11) is -3.85. The summed E-state index contributed by atoms with van der Waals surface area (Å²) >= 11 is 0. The maximum Gasteiger partial charge on any atom is 0.400 e. The molecule has 104 valence electrons. The highest BCUT2D eigenvalue weighted by Crippen LogP contribution is 2.30. The molecule has 2 saturated heterocycles. The number of hydrogen-bond acceptors (Lipinski definition) is 6. The van der Waals surface area contributed by atoms with Crippen LogP contribution < -0.4 is 0 Å². The molecule has 2 aliphatic heterocycles. The zero-order chi connectivity index (χ0) is 13.3. The van der Waals surface area contributed by atoms with Crippen molar-refractivity contribution in [3.05, 3.63) is 35.9 Å². The standard InChI is InChI=1S/C12H14O6S/c13-19(14)17-11-8-16-10(12(11)18-19)7-15-6-9-4-2-1-3-5-9/h1-5,10-12H,6-8H2/t10-,11+,12-/m1/s1. The van der Waals surface area contributed by atoms with E-state index in [1.54, 1.807) is 0 Å². The fourth-order valence-electron chi connectivity index (χ4n) is 2.17. The average molecular weight is 286 g/mol. The van der Waals surface area contributed by atoms with E-state index in [1.807, 2.05) is 30.3 Å².